The van der Waals surface area contributed by atoms with Crippen LogP contribution in [0.1, 0.15) is 25.0 Å². The Labute approximate surface area is 294 Å². The largest absolute Gasteiger partial charge is 0.310 e. The van der Waals surface area contributed by atoms with Crippen LogP contribution in [0.2, 0.25) is 0 Å². The summed E-state index contributed by atoms with van der Waals surface area (Å²) in [7, 11) is 0. The van der Waals surface area contributed by atoms with Crippen LogP contribution in [-0.2, 0) is 5.41 Å². The third-order valence-corrected chi connectivity index (χ3v) is 10.5. The average molecular weight is 640 g/mol. The molecule has 0 bridgehead atoms. The van der Waals surface area contributed by atoms with Gasteiger partial charge in [0.05, 0.1) is 5.69 Å². The molecular formula is C49H37N. The van der Waals surface area contributed by atoms with Gasteiger partial charge in [0, 0.05) is 22.4 Å². The molecule has 0 amide bonds. The molecule has 0 aliphatic heterocycles. The molecule has 0 aromatic heterocycles. The lowest BCUT2D eigenvalue weighted by molar-refractivity contribution is 0.660. The van der Waals surface area contributed by atoms with E-state index in [1.54, 1.807) is 0 Å². The molecule has 1 aliphatic carbocycles. The zero-order valence-corrected chi connectivity index (χ0v) is 28.3. The van der Waals surface area contributed by atoms with Gasteiger partial charge in [-0.3, -0.25) is 0 Å². The standard InChI is InChI=1S/C49H37N/c1-49(2)45-21-12-11-20-44(45)48-46(49)22-13-23-47(48)50(38-28-24-35(25-29-38)34-14-5-3-6-15-34)39-30-26-37(27-31-39)41-33-32-40(36-16-7-4-8-17-36)42-18-9-10-19-43(41)42/h3-33H,1-2H3. The maximum absolute atomic E-state index is 2.44. The molecule has 9 rings (SSSR count). The Balaban J connectivity index is 1.19. The lowest BCUT2D eigenvalue weighted by Crippen LogP contribution is -2.16. The summed E-state index contributed by atoms with van der Waals surface area (Å²) in [4.78, 5) is 2.44. The molecule has 1 nitrogen and oxygen atoms in total. The van der Waals surface area contributed by atoms with Gasteiger partial charge in [0.15, 0.2) is 0 Å². The Hall–Kier alpha value is -6.18. The molecule has 0 spiro atoms. The molecule has 0 heterocycles. The van der Waals surface area contributed by atoms with Crippen molar-refractivity contribution in [2.75, 3.05) is 4.90 Å². The van der Waals surface area contributed by atoms with E-state index >= 15 is 0 Å². The molecule has 0 atom stereocenters. The van der Waals surface area contributed by atoms with E-state index in [2.05, 4.69) is 207 Å². The van der Waals surface area contributed by atoms with Gasteiger partial charge in [-0.05, 0) is 91.2 Å². The second-order valence-electron chi connectivity index (χ2n) is 13.7. The third kappa shape index (κ3) is 4.94. The van der Waals surface area contributed by atoms with Crippen molar-refractivity contribution in [1.29, 1.82) is 0 Å². The fraction of sp³-hybridized carbons (Fsp3) is 0.0612. The van der Waals surface area contributed by atoms with Crippen LogP contribution in [0.15, 0.2) is 188 Å². The first-order valence-corrected chi connectivity index (χ1v) is 17.4. The lowest BCUT2D eigenvalue weighted by Gasteiger charge is -2.29. The molecule has 238 valence electrons. The number of fused-ring (bicyclic) bond motifs is 4. The van der Waals surface area contributed by atoms with E-state index in [9.17, 15) is 0 Å². The summed E-state index contributed by atoms with van der Waals surface area (Å²) in [6.07, 6.45) is 0. The second kappa shape index (κ2) is 12.1. The minimum absolute atomic E-state index is 0.0817. The van der Waals surface area contributed by atoms with Crippen molar-refractivity contribution in [3.05, 3.63) is 199 Å². The van der Waals surface area contributed by atoms with E-state index in [1.807, 2.05) is 0 Å². The highest BCUT2D eigenvalue weighted by molar-refractivity contribution is 6.05. The van der Waals surface area contributed by atoms with Gasteiger partial charge >= 0.3 is 0 Å². The van der Waals surface area contributed by atoms with Crippen LogP contribution in [0.3, 0.4) is 0 Å². The molecule has 0 unspecified atom stereocenters. The summed E-state index contributed by atoms with van der Waals surface area (Å²) >= 11 is 0. The number of rotatable bonds is 6. The average Bonchev–Trinajstić information content (AvgIpc) is 3.42. The number of hydrogen-bond donors (Lipinski definition) is 0. The molecule has 0 radical (unpaired) electrons. The van der Waals surface area contributed by atoms with Crippen molar-refractivity contribution in [2.24, 2.45) is 0 Å². The van der Waals surface area contributed by atoms with Crippen LogP contribution in [0, 0.1) is 0 Å². The maximum Gasteiger partial charge on any atom is 0.0543 e. The van der Waals surface area contributed by atoms with Crippen LogP contribution in [-0.4, -0.2) is 0 Å². The number of nitrogens with zero attached hydrogens (tertiary/aromatic N) is 1. The quantitative estimate of drug-likeness (QED) is 0.175. The summed E-state index contributed by atoms with van der Waals surface area (Å²) in [6.45, 7) is 4.70. The van der Waals surface area contributed by atoms with E-state index in [1.165, 1.54) is 72.1 Å². The highest BCUT2D eigenvalue weighted by Crippen LogP contribution is 2.54. The first-order valence-electron chi connectivity index (χ1n) is 17.4. The SMILES string of the molecule is CC1(C)c2ccccc2-c2c(N(c3ccc(-c4ccccc4)cc3)c3ccc(-c4ccc(-c5ccccc5)c5ccccc45)cc3)cccc21. The fourth-order valence-electron chi connectivity index (χ4n) is 7.99. The van der Waals surface area contributed by atoms with E-state index in [0.717, 1.165) is 11.4 Å². The fourth-order valence-corrected chi connectivity index (χ4v) is 7.99. The van der Waals surface area contributed by atoms with E-state index in [0.29, 0.717) is 0 Å². The Morgan fingerprint density at radius 1 is 0.340 bits per heavy atom. The monoisotopic (exact) mass is 639 g/mol. The summed E-state index contributed by atoms with van der Waals surface area (Å²) in [5.74, 6) is 0. The van der Waals surface area contributed by atoms with Gasteiger partial charge < -0.3 is 4.90 Å². The third-order valence-electron chi connectivity index (χ3n) is 10.5. The number of hydrogen-bond acceptors (Lipinski definition) is 1. The Morgan fingerprint density at radius 3 is 1.42 bits per heavy atom. The normalized spacial score (nSPS) is 12.8. The van der Waals surface area contributed by atoms with Crippen LogP contribution < -0.4 is 4.90 Å². The highest BCUT2D eigenvalue weighted by atomic mass is 15.1. The Morgan fingerprint density at radius 2 is 0.800 bits per heavy atom. The van der Waals surface area contributed by atoms with Crippen molar-refractivity contribution in [3.8, 4) is 44.5 Å². The molecule has 0 saturated carbocycles. The molecule has 8 aromatic carbocycles. The van der Waals surface area contributed by atoms with Crippen molar-refractivity contribution in [1.82, 2.24) is 0 Å². The number of anilines is 3. The van der Waals surface area contributed by atoms with E-state index in [4.69, 9.17) is 0 Å². The maximum atomic E-state index is 2.44. The topological polar surface area (TPSA) is 3.24 Å². The van der Waals surface area contributed by atoms with Gasteiger partial charge in [-0.1, -0.05) is 172 Å². The molecule has 1 heteroatoms. The Kier molecular flexibility index (Phi) is 7.21. The minimum atomic E-state index is -0.0817. The number of benzene rings is 8. The predicted octanol–water partition coefficient (Wildman–Crippen LogP) is 13.6. The van der Waals surface area contributed by atoms with Gasteiger partial charge in [-0.25, -0.2) is 0 Å². The van der Waals surface area contributed by atoms with E-state index < -0.39 is 0 Å². The summed E-state index contributed by atoms with van der Waals surface area (Å²) in [5, 5.41) is 2.52. The highest BCUT2D eigenvalue weighted by Gasteiger charge is 2.37. The second-order valence-corrected chi connectivity index (χ2v) is 13.7. The van der Waals surface area contributed by atoms with Crippen LogP contribution in [0.4, 0.5) is 17.1 Å². The zero-order valence-electron chi connectivity index (χ0n) is 28.3. The molecular weight excluding hydrogens is 603 g/mol. The molecule has 1 aliphatic rings. The molecule has 0 N–H and O–H groups in total. The minimum Gasteiger partial charge on any atom is -0.310 e. The van der Waals surface area contributed by atoms with Gasteiger partial charge in [0.2, 0.25) is 0 Å². The molecule has 0 fully saturated rings. The summed E-state index contributed by atoms with van der Waals surface area (Å²) in [5.41, 5.74) is 16.1. The molecule has 8 aromatic rings. The molecule has 0 saturated heterocycles. The van der Waals surface area contributed by atoms with Crippen molar-refractivity contribution >= 4 is 27.8 Å². The van der Waals surface area contributed by atoms with Gasteiger partial charge in [0.25, 0.3) is 0 Å². The predicted molar refractivity (Wildman–Crippen MR) is 213 cm³/mol. The van der Waals surface area contributed by atoms with Gasteiger partial charge in [-0.2, -0.15) is 0 Å². The first-order chi connectivity index (χ1) is 24.6. The molecule has 50 heavy (non-hydrogen) atoms. The zero-order chi connectivity index (χ0) is 33.7. The summed E-state index contributed by atoms with van der Waals surface area (Å²) < 4.78 is 0. The lowest BCUT2D eigenvalue weighted by atomic mass is 9.82. The van der Waals surface area contributed by atoms with Gasteiger partial charge in [0.1, 0.15) is 0 Å². The van der Waals surface area contributed by atoms with Crippen molar-refractivity contribution in [2.45, 2.75) is 19.3 Å². The van der Waals surface area contributed by atoms with Crippen molar-refractivity contribution < 1.29 is 0 Å². The Bertz CT molecular complexity index is 2470. The van der Waals surface area contributed by atoms with E-state index in [-0.39, 0.29) is 5.41 Å². The van der Waals surface area contributed by atoms with Crippen LogP contribution in [0.25, 0.3) is 55.3 Å². The van der Waals surface area contributed by atoms with Crippen molar-refractivity contribution in [3.63, 3.8) is 0 Å². The van der Waals surface area contributed by atoms with Gasteiger partial charge in [-0.15, -0.1) is 0 Å². The van der Waals surface area contributed by atoms with Crippen LogP contribution >= 0.6 is 0 Å². The first kappa shape index (κ1) is 29.9. The van der Waals surface area contributed by atoms with Crippen LogP contribution in [0.5, 0.6) is 0 Å². The smallest absolute Gasteiger partial charge is 0.0543 e. The summed E-state index contributed by atoms with van der Waals surface area (Å²) in [6, 6.07) is 68.5.